The van der Waals surface area contributed by atoms with Gasteiger partial charge >= 0.3 is 6.03 Å². The molecular formula is C18H21ClN4O4S2. The van der Waals surface area contributed by atoms with E-state index in [0.717, 1.165) is 11.3 Å². The molecule has 0 aliphatic rings. The van der Waals surface area contributed by atoms with Gasteiger partial charge in [0.05, 0.1) is 11.1 Å². The summed E-state index contributed by atoms with van der Waals surface area (Å²) in [5, 5.41) is 3.82. The Balaban J connectivity index is 2.28. The third-order valence-corrected chi connectivity index (χ3v) is 7.17. The summed E-state index contributed by atoms with van der Waals surface area (Å²) in [5.41, 5.74) is 6.06. The zero-order valence-corrected chi connectivity index (χ0v) is 18.1. The summed E-state index contributed by atoms with van der Waals surface area (Å²) in [6.07, 6.45) is 0.335. The van der Waals surface area contributed by atoms with E-state index < -0.39 is 33.8 Å². The number of carbonyl (C=O) groups is 3. The molecule has 8 nitrogen and oxygen atoms in total. The van der Waals surface area contributed by atoms with E-state index in [9.17, 15) is 18.6 Å². The maximum Gasteiger partial charge on any atom is 0.334 e. The van der Waals surface area contributed by atoms with Crippen molar-refractivity contribution in [1.29, 1.82) is 0 Å². The summed E-state index contributed by atoms with van der Waals surface area (Å²) in [7, 11) is -3.74. The van der Waals surface area contributed by atoms with E-state index in [0.29, 0.717) is 6.42 Å². The lowest BCUT2D eigenvalue weighted by Crippen LogP contribution is -2.43. The lowest BCUT2D eigenvalue weighted by molar-refractivity contribution is -0.119. The van der Waals surface area contributed by atoms with Crippen LogP contribution in [0.15, 0.2) is 50.4 Å². The van der Waals surface area contributed by atoms with Crippen molar-refractivity contribution in [2.24, 2.45) is 16.0 Å². The van der Waals surface area contributed by atoms with Gasteiger partial charge in [-0.15, -0.1) is 15.7 Å². The van der Waals surface area contributed by atoms with Gasteiger partial charge in [-0.2, -0.15) is 0 Å². The summed E-state index contributed by atoms with van der Waals surface area (Å²) in [6.45, 7) is 3.76. The highest BCUT2D eigenvalue weighted by atomic mass is 35.5. The molecule has 0 saturated carbocycles. The molecule has 0 saturated heterocycles. The maximum atomic E-state index is 13.4. The average Bonchev–Trinajstić information content (AvgIpc) is 3.08. The number of urea groups is 1. The minimum absolute atomic E-state index is 0.0647. The monoisotopic (exact) mass is 456 g/mol. The number of benzene rings is 1. The second-order valence-electron chi connectivity index (χ2n) is 6.53. The topological polar surface area (TPSA) is 131 Å². The number of rotatable bonds is 6. The number of nitrogens with one attached hydrogen (secondary N) is 2. The van der Waals surface area contributed by atoms with Crippen LogP contribution in [0.3, 0.4) is 0 Å². The lowest BCUT2D eigenvalue weighted by Gasteiger charge is -2.13. The van der Waals surface area contributed by atoms with Crippen LogP contribution in [0.5, 0.6) is 0 Å². The van der Waals surface area contributed by atoms with Gasteiger partial charge in [0, 0.05) is 10.9 Å². The van der Waals surface area contributed by atoms with Crippen LogP contribution in [0, 0.1) is 5.92 Å². The number of carbonyl (C=O) groups excluding carboxylic acids is 3. The number of thiophene rings is 1. The summed E-state index contributed by atoms with van der Waals surface area (Å²) in [5.74, 6) is -1.39. The Labute approximate surface area is 178 Å². The highest BCUT2D eigenvalue weighted by Gasteiger charge is 2.24. The maximum absolute atomic E-state index is 13.4. The summed E-state index contributed by atoms with van der Waals surface area (Å²) in [6, 6.07) is 7.30. The zero-order valence-electron chi connectivity index (χ0n) is 15.8. The fraction of sp³-hybridized carbons (Fsp3) is 0.278. The van der Waals surface area contributed by atoms with Crippen molar-refractivity contribution < 1.29 is 18.6 Å². The highest BCUT2D eigenvalue weighted by Crippen LogP contribution is 2.25. The Morgan fingerprint density at radius 2 is 1.90 bits per heavy atom. The van der Waals surface area contributed by atoms with Gasteiger partial charge in [0.25, 0.3) is 11.8 Å². The van der Waals surface area contributed by atoms with E-state index in [1.165, 1.54) is 23.6 Å². The van der Waals surface area contributed by atoms with Gasteiger partial charge in [0.1, 0.15) is 4.21 Å². The molecule has 4 N–H and O–H groups in total. The molecule has 11 heteroatoms. The van der Waals surface area contributed by atoms with Crippen molar-refractivity contribution in [3.63, 3.8) is 0 Å². The fourth-order valence-electron chi connectivity index (χ4n) is 2.28. The van der Waals surface area contributed by atoms with Crippen molar-refractivity contribution in [2.75, 3.05) is 0 Å². The first-order chi connectivity index (χ1) is 13.6. The molecular weight excluding hydrogens is 436 g/mol. The van der Waals surface area contributed by atoms with Gasteiger partial charge in [-0.25, -0.2) is 13.7 Å². The second kappa shape index (κ2) is 9.97. The predicted octanol–water partition coefficient (Wildman–Crippen LogP) is 3.18. The zero-order chi connectivity index (χ0) is 21.6. The largest absolute Gasteiger partial charge is 0.334 e. The summed E-state index contributed by atoms with van der Waals surface area (Å²) >= 11 is 6.85. The number of hydrogen-bond acceptors (Lipinski definition) is 6. The molecule has 0 aliphatic heterocycles. The van der Waals surface area contributed by atoms with Crippen molar-refractivity contribution in [2.45, 2.75) is 30.5 Å². The van der Waals surface area contributed by atoms with Gasteiger partial charge < -0.3 is 5.73 Å². The van der Waals surface area contributed by atoms with Crippen LogP contribution in [-0.2, 0) is 14.7 Å². The van der Waals surface area contributed by atoms with E-state index in [4.69, 9.17) is 17.3 Å². The molecule has 1 unspecified atom stereocenters. The van der Waals surface area contributed by atoms with Gasteiger partial charge in [-0.05, 0) is 30.5 Å². The second-order valence-corrected chi connectivity index (χ2v) is 10.0. The number of nitrogens with two attached hydrogens (primary N) is 1. The number of nitrogens with zero attached hydrogens (tertiary/aromatic N) is 1. The lowest BCUT2D eigenvalue weighted by atomic mass is 10.0. The molecule has 156 valence electrons. The van der Waals surface area contributed by atoms with Gasteiger partial charge in [-0.1, -0.05) is 43.6 Å². The van der Waals surface area contributed by atoms with Crippen molar-refractivity contribution >= 4 is 50.7 Å². The Bertz CT molecular complexity index is 1010. The average molecular weight is 457 g/mol. The van der Waals surface area contributed by atoms with E-state index in [1.54, 1.807) is 18.2 Å². The summed E-state index contributed by atoms with van der Waals surface area (Å²) < 4.78 is 19.2. The first-order valence-corrected chi connectivity index (χ1v) is 11.4. The van der Waals surface area contributed by atoms with Crippen LogP contribution >= 0.6 is 22.9 Å². The van der Waals surface area contributed by atoms with Crippen molar-refractivity contribution in [3.8, 4) is 0 Å². The van der Waals surface area contributed by atoms with Crippen molar-refractivity contribution in [1.82, 2.24) is 10.0 Å². The first-order valence-electron chi connectivity index (χ1n) is 8.59. The third kappa shape index (κ3) is 6.64. The molecule has 29 heavy (non-hydrogen) atoms. The molecule has 2 rings (SSSR count). The minimum atomic E-state index is -3.74. The third-order valence-electron chi connectivity index (χ3n) is 3.57. The molecule has 0 radical (unpaired) electrons. The Hall–Kier alpha value is -2.27. The molecule has 0 aliphatic carbocycles. The molecule has 2 aromatic rings. The van der Waals surface area contributed by atoms with E-state index >= 15 is 0 Å². The summed E-state index contributed by atoms with van der Waals surface area (Å²) in [4.78, 5) is 36.8. The molecule has 2 atom stereocenters. The van der Waals surface area contributed by atoms with Gasteiger partial charge in [-0.3, -0.25) is 14.9 Å². The van der Waals surface area contributed by atoms with Crippen LogP contribution in [-0.4, -0.2) is 28.1 Å². The van der Waals surface area contributed by atoms with Crippen LogP contribution in [0.4, 0.5) is 4.79 Å². The number of amides is 4. The highest BCUT2D eigenvalue weighted by molar-refractivity contribution is 7.94. The molecule has 1 aromatic carbocycles. The fourth-order valence-corrected chi connectivity index (χ4v) is 5.26. The Morgan fingerprint density at radius 1 is 1.24 bits per heavy atom. The first kappa shape index (κ1) is 23.0. The van der Waals surface area contributed by atoms with E-state index in [2.05, 4.69) is 14.4 Å². The van der Waals surface area contributed by atoms with Crippen LogP contribution < -0.4 is 15.8 Å². The molecule has 0 fully saturated rings. The molecule has 1 heterocycles. The molecule has 0 spiro atoms. The molecule has 1 aromatic heterocycles. The van der Waals surface area contributed by atoms with Crippen molar-refractivity contribution in [3.05, 3.63) is 52.4 Å². The van der Waals surface area contributed by atoms with Crippen LogP contribution in [0.2, 0.25) is 5.02 Å². The van der Waals surface area contributed by atoms with Gasteiger partial charge in [0.15, 0.2) is 9.92 Å². The molecule has 4 amide bonds. The predicted molar refractivity (Wildman–Crippen MR) is 113 cm³/mol. The number of halogens is 1. The van der Waals surface area contributed by atoms with E-state index in [-0.39, 0.29) is 20.7 Å². The Kier molecular flexibility index (Phi) is 7.91. The minimum Gasteiger partial charge on any atom is -0.320 e. The molecule has 0 bridgehead atoms. The Morgan fingerprint density at radius 3 is 2.45 bits per heavy atom. The number of imide groups is 1. The standard InChI is InChI=1S/C18H21ClN4O4S2/c1-11(2)8-14(20)17(25)22-29(27,15-9-13(19)10-28-15)23-18(26)21-16(24)12-6-4-3-5-7-12/h3-7,9-11,14H,8,20H2,1-2H3,(H2,21,22,23,24,25,26,27)/t14-,29?/m0/s1. The number of hydrogen-bond donors (Lipinski definition) is 3. The normalized spacial score (nSPS) is 14.0. The van der Waals surface area contributed by atoms with E-state index in [1.807, 2.05) is 13.8 Å². The SMILES string of the molecule is CC(C)C[C@H](N)C(=O)N=S(=O)(NC(=O)NC(=O)c1ccccc1)c1cc(Cl)cs1. The smallest absolute Gasteiger partial charge is 0.320 e. The van der Waals surface area contributed by atoms with Gasteiger partial charge in [0.2, 0.25) is 0 Å². The van der Waals surface area contributed by atoms with Crippen LogP contribution in [0.1, 0.15) is 30.6 Å². The van der Waals surface area contributed by atoms with Crippen LogP contribution in [0.25, 0.3) is 0 Å². The quantitative estimate of drug-likeness (QED) is 0.614.